The Morgan fingerprint density at radius 3 is 2.53 bits per heavy atom. The van der Waals surface area contributed by atoms with Crippen molar-refractivity contribution >= 4 is 5.97 Å². The summed E-state index contributed by atoms with van der Waals surface area (Å²) in [6.45, 7) is -1.21. The van der Waals surface area contributed by atoms with Gasteiger partial charge in [0.1, 0.15) is 6.67 Å². The minimum absolute atomic E-state index is 0.0821. The minimum Gasteiger partial charge on any atom is -0.491 e. The Morgan fingerprint density at radius 1 is 1.47 bits per heavy atom. The molecule has 1 N–H and O–H groups in total. The molecular formula is C10H9F4NO4. The second kappa shape index (κ2) is 5.72. The van der Waals surface area contributed by atoms with Crippen LogP contribution in [0.1, 0.15) is 11.1 Å². The van der Waals surface area contributed by atoms with E-state index in [1.54, 1.807) is 0 Å². The van der Waals surface area contributed by atoms with E-state index in [1.807, 2.05) is 0 Å². The molecule has 0 unspecified atom stereocenters. The Hall–Kier alpha value is -2.06. The summed E-state index contributed by atoms with van der Waals surface area (Å²) >= 11 is 0. The number of carbonyl (C=O) groups is 1. The lowest BCUT2D eigenvalue weighted by atomic mass is 10.1. The summed E-state index contributed by atoms with van der Waals surface area (Å²) in [4.78, 5) is 13.8. The average molecular weight is 283 g/mol. The maximum absolute atomic E-state index is 12.9. The van der Waals surface area contributed by atoms with Gasteiger partial charge in [0.25, 0.3) is 5.88 Å². The number of aromatic nitrogens is 1. The molecule has 0 saturated carbocycles. The molecule has 0 bridgehead atoms. The van der Waals surface area contributed by atoms with Gasteiger partial charge in [0.05, 0.1) is 13.5 Å². The summed E-state index contributed by atoms with van der Waals surface area (Å²) in [6.07, 6.45) is -4.79. The van der Waals surface area contributed by atoms with Gasteiger partial charge >= 0.3 is 12.3 Å². The molecule has 0 spiro atoms. The number of rotatable bonds is 5. The zero-order valence-electron chi connectivity index (χ0n) is 9.62. The van der Waals surface area contributed by atoms with Gasteiger partial charge in [-0.25, -0.2) is 9.37 Å². The lowest BCUT2D eigenvalue weighted by molar-refractivity contribution is -0.276. The second-order valence-corrected chi connectivity index (χ2v) is 3.35. The summed E-state index contributed by atoms with van der Waals surface area (Å²) < 4.78 is 57.3. The summed E-state index contributed by atoms with van der Waals surface area (Å²) in [5, 5.41) is 8.60. The SMILES string of the molecule is COc1c(OC(F)(F)F)ncc(CC(=O)O)c1CF. The number of pyridine rings is 1. The quantitative estimate of drug-likeness (QED) is 0.838. The number of hydrogen-bond donors (Lipinski definition) is 1. The third kappa shape index (κ3) is 3.97. The van der Waals surface area contributed by atoms with Crippen LogP contribution in [0.25, 0.3) is 0 Å². The third-order valence-electron chi connectivity index (χ3n) is 2.09. The summed E-state index contributed by atoms with van der Waals surface area (Å²) in [5.74, 6) is -2.81. The van der Waals surface area contributed by atoms with Gasteiger partial charge in [-0.3, -0.25) is 4.79 Å². The van der Waals surface area contributed by atoms with E-state index in [0.717, 1.165) is 13.3 Å². The number of hydrogen-bond acceptors (Lipinski definition) is 4. The first-order valence-electron chi connectivity index (χ1n) is 4.86. The van der Waals surface area contributed by atoms with E-state index >= 15 is 0 Å². The molecule has 0 aromatic carbocycles. The Balaban J connectivity index is 3.26. The molecule has 1 aromatic heterocycles. The Morgan fingerprint density at radius 2 is 2.11 bits per heavy atom. The fourth-order valence-electron chi connectivity index (χ4n) is 1.40. The number of aliphatic carboxylic acids is 1. The predicted molar refractivity (Wildman–Crippen MR) is 53.6 cm³/mol. The summed E-state index contributed by atoms with van der Waals surface area (Å²) in [7, 11) is 1.00. The number of carboxylic acid groups (broad SMARTS) is 1. The van der Waals surface area contributed by atoms with Crippen molar-refractivity contribution < 1.29 is 36.9 Å². The Bertz CT molecular complexity index is 475. The van der Waals surface area contributed by atoms with Crippen LogP contribution in [-0.2, 0) is 17.9 Å². The molecule has 1 aromatic rings. The van der Waals surface area contributed by atoms with E-state index in [2.05, 4.69) is 14.5 Å². The average Bonchev–Trinajstić information content (AvgIpc) is 2.27. The molecule has 106 valence electrons. The number of halogens is 4. The number of carboxylic acids is 1. The van der Waals surface area contributed by atoms with Gasteiger partial charge in [0.15, 0.2) is 5.75 Å². The smallest absolute Gasteiger partial charge is 0.491 e. The van der Waals surface area contributed by atoms with Crippen molar-refractivity contribution in [3.8, 4) is 11.6 Å². The minimum atomic E-state index is -5.01. The van der Waals surface area contributed by atoms with Crippen LogP contribution >= 0.6 is 0 Å². The molecule has 0 aliphatic heterocycles. The monoisotopic (exact) mass is 283 g/mol. The summed E-state index contributed by atoms with van der Waals surface area (Å²) in [5.41, 5.74) is -0.416. The lowest BCUT2D eigenvalue weighted by Gasteiger charge is -2.15. The van der Waals surface area contributed by atoms with E-state index in [0.29, 0.717) is 0 Å². The van der Waals surface area contributed by atoms with Gasteiger partial charge < -0.3 is 14.6 Å². The first kappa shape index (κ1) is 15.0. The van der Waals surface area contributed by atoms with E-state index in [-0.39, 0.29) is 11.1 Å². The topological polar surface area (TPSA) is 68.7 Å². The standard InChI is InChI=1S/C10H9F4NO4/c1-18-8-6(3-11)5(2-7(16)17)4-15-9(8)19-10(12,13)14/h4H,2-3H2,1H3,(H,16,17). The van der Waals surface area contributed by atoms with Gasteiger partial charge in [-0.15, -0.1) is 13.2 Å². The van der Waals surface area contributed by atoms with Crippen molar-refractivity contribution in [2.45, 2.75) is 19.5 Å². The maximum Gasteiger partial charge on any atom is 0.574 e. The molecular weight excluding hydrogens is 274 g/mol. The highest BCUT2D eigenvalue weighted by Gasteiger charge is 2.34. The van der Waals surface area contributed by atoms with Gasteiger partial charge in [0, 0.05) is 11.8 Å². The van der Waals surface area contributed by atoms with Crippen LogP contribution in [0.15, 0.2) is 6.20 Å². The molecule has 0 aliphatic rings. The molecule has 5 nitrogen and oxygen atoms in total. The van der Waals surface area contributed by atoms with E-state index in [9.17, 15) is 22.4 Å². The first-order chi connectivity index (χ1) is 8.78. The van der Waals surface area contributed by atoms with Gasteiger partial charge in [-0.2, -0.15) is 0 Å². The molecule has 1 heterocycles. The van der Waals surface area contributed by atoms with Crippen LogP contribution in [0.5, 0.6) is 11.6 Å². The van der Waals surface area contributed by atoms with Crippen LogP contribution in [0.4, 0.5) is 17.6 Å². The van der Waals surface area contributed by atoms with Crippen LogP contribution in [0.2, 0.25) is 0 Å². The highest BCUT2D eigenvalue weighted by molar-refractivity contribution is 5.71. The fourth-order valence-corrected chi connectivity index (χ4v) is 1.40. The van der Waals surface area contributed by atoms with Crippen LogP contribution < -0.4 is 9.47 Å². The first-order valence-corrected chi connectivity index (χ1v) is 4.86. The van der Waals surface area contributed by atoms with Gasteiger partial charge in [-0.05, 0) is 5.56 Å². The predicted octanol–water partition coefficient (Wildman–Crippen LogP) is 2.09. The van der Waals surface area contributed by atoms with Crippen LogP contribution in [-0.4, -0.2) is 29.5 Å². The maximum atomic E-state index is 12.9. The molecule has 0 radical (unpaired) electrons. The van der Waals surface area contributed by atoms with E-state index in [1.165, 1.54) is 0 Å². The molecule has 9 heteroatoms. The Kier molecular flexibility index (Phi) is 4.52. The highest BCUT2D eigenvalue weighted by Crippen LogP contribution is 2.35. The number of ether oxygens (including phenoxy) is 2. The van der Waals surface area contributed by atoms with Crippen molar-refractivity contribution in [2.24, 2.45) is 0 Å². The van der Waals surface area contributed by atoms with Crippen molar-refractivity contribution in [3.05, 3.63) is 17.3 Å². The van der Waals surface area contributed by atoms with Crippen molar-refractivity contribution in [2.75, 3.05) is 7.11 Å². The lowest BCUT2D eigenvalue weighted by Crippen LogP contribution is -2.19. The molecule has 0 aliphatic carbocycles. The number of nitrogens with zero attached hydrogens (tertiary/aromatic N) is 1. The van der Waals surface area contributed by atoms with Crippen LogP contribution in [0, 0.1) is 0 Å². The van der Waals surface area contributed by atoms with Crippen molar-refractivity contribution in [1.82, 2.24) is 4.98 Å². The Labute approximate surface area is 104 Å². The van der Waals surface area contributed by atoms with Crippen LogP contribution in [0.3, 0.4) is 0 Å². The zero-order valence-corrected chi connectivity index (χ0v) is 9.62. The van der Waals surface area contributed by atoms with Crippen molar-refractivity contribution in [1.29, 1.82) is 0 Å². The van der Waals surface area contributed by atoms with Gasteiger partial charge in [0.2, 0.25) is 0 Å². The van der Waals surface area contributed by atoms with Crippen molar-refractivity contribution in [3.63, 3.8) is 0 Å². The molecule has 0 atom stereocenters. The number of alkyl halides is 4. The molecule has 0 amide bonds. The van der Waals surface area contributed by atoms with E-state index in [4.69, 9.17) is 5.11 Å². The molecule has 0 saturated heterocycles. The molecule has 0 fully saturated rings. The zero-order chi connectivity index (χ0) is 14.6. The second-order valence-electron chi connectivity index (χ2n) is 3.35. The fraction of sp³-hybridized carbons (Fsp3) is 0.400. The van der Waals surface area contributed by atoms with E-state index < -0.39 is 37.1 Å². The highest BCUT2D eigenvalue weighted by atomic mass is 19.4. The third-order valence-corrected chi connectivity index (χ3v) is 2.09. The summed E-state index contributed by atoms with van der Waals surface area (Å²) in [6, 6.07) is 0. The number of methoxy groups -OCH3 is 1. The molecule has 19 heavy (non-hydrogen) atoms. The normalized spacial score (nSPS) is 11.2. The van der Waals surface area contributed by atoms with Gasteiger partial charge in [-0.1, -0.05) is 0 Å². The molecule has 1 rings (SSSR count). The largest absolute Gasteiger partial charge is 0.574 e.